The Bertz CT molecular complexity index is 348. The minimum absolute atomic E-state index is 0.287. The second-order valence-electron chi connectivity index (χ2n) is 2.22. The van der Waals surface area contributed by atoms with Crippen LogP contribution in [0.15, 0.2) is 24.3 Å². The maximum atomic E-state index is 11.5. The van der Waals surface area contributed by atoms with E-state index in [9.17, 15) is 14.1 Å². The molecule has 4 nitrogen and oxygen atoms in total. The van der Waals surface area contributed by atoms with E-state index in [0.29, 0.717) is 0 Å². The summed E-state index contributed by atoms with van der Waals surface area (Å²) >= 11 is 0. The van der Waals surface area contributed by atoms with Crippen molar-refractivity contribution in [3.8, 4) is 0 Å². The van der Waals surface area contributed by atoms with Gasteiger partial charge in [0.2, 0.25) is 0 Å². The molecular weight excluding hydrogens is 179 g/mol. The fraction of sp³-hybridized carbons (Fsp3) is 0. The lowest BCUT2D eigenvalue weighted by Crippen LogP contribution is -2.08. The molecule has 0 amide bonds. The first kappa shape index (κ1) is 9.18. The molecule has 5 heteroatoms. The summed E-state index contributed by atoms with van der Waals surface area (Å²) < 4.78 is 11.5. The van der Waals surface area contributed by atoms with Crippen molar-refractivity contribution in [2.45, 2.75) is 0 Å². The average Bonchev–Trinajstić information content (AvgIpc) is 2.16. The van der Waals surface area contributed by atoms with Gasteiger partial charge in [-0.05, 0) is 12.1 Å². The SMILES string of the molecule is O=C(O)c1ccccc1C(=O)OF. The average molecular weight is 184 g/mol. The number of aromatic carboxylic acids is 1. The summed E-state index contributed by atoms with van der Waals surface area (Å²) in [6.45, 7) is 0. The third kappa shape index (κ3) is 1.81. The minimum Gasteiger partial charge on any atom is -0.478 e. The van der Waals surface area contributed by atoms with E-state index in [1.807, 2.05) is 0 Å². The minimum atomic E-state index is -1.31. The van der Waals surface area contributed by atoms with Gasteiger partial charge in [-0.3, -0.25) is 0 Å². The quantitative estimate of drug-likeness (QED) is 0.754. The van der Waals surface area contributed by atoms with E-state index in [4.69, 9.17) is 5.11 Å². The van der Waals surface area contributed by atoms with Crippen LogP contribution in [0.1, 0.15) is 20.7 Å². The standard InChI is InChI=1S/C8H5FO4/c9-13-8(12)6-4-2-1-3-5(6)7(10)11/h1-4H,(H,10,11). The van der Waals surface area contributed by atoms with Gasteiger partial charge in [0.15, 0.2) is 0 Å². The molecule has 1 rings (SSSR count). The van der Waals surface area contributed by atoms with Gasteiger partial charge in [0.25, 0.3) is 0 Å². The number of benzene rings is 1. The number of rotatable bonds is 2. The predicted molar refractivity (Wildman–Crippen MR) is 39.9 cm³/mol. The van der Waals surface area contributed by atoms with Crippen LogP contribution in [0.25, 0.3) is 0 Å². The van der Waals surface area contributed by atoms with E-state index in [-0.39, 0.29) is 11.1 Å². The van der Waals surface area contributed by atoms with Gasteiger partial charge >= 0.3 is 11.9 Å². The van der Waals surface area contributed by atoms with Crippen LogP contribution in [0.5, 0.6) is 0 Å². The molecule has 0 atom stereocenters. The highest BCUT2D eigenvalue weighted by Crippen LogP contribution is 2.10. The second-order valence-corrected chi connectivity index (χ2v) is 2.22. The summed E-state index contributed by atoms with van der Waals surface area (Å²) in [7, 11) is 0. The van der Waals surface area contributed by atoms with E-state index in [1.54, 1.807) is 0 Å². The van der Waals surface area contributed by atoms with Crippen LogP contribution in [0.2, 0.25) is 0 Å². The van der Waals surface area contributed by atoms with Gasteiger partial charge in [0.05, 0.1) is 11.1 Å². The molecule has 68 valence electrons. The molecule has 13 heavy (non-hydrogen) atoms. The molecule has 0 bridgehead atoms. The molecule has 0 spiro atoms. The second kappa shape index (κ2) is 3.66. The van der Waals surface area contributed by atoms with E-state index in [2.05, 4.69) is 4.94 Å². The van der Waals surface area contributed by atoms with Crippen LogP contribution < -0.4 is 0 Å². The number of carboxylic acids is 1. The van der Waals surface area contributed by atoms with Crippen LogP contribution in [0.3, 0.4) is 0 Å². The molecule has 0 aliphatic carbocycles. The number of hydrogen-bond donors (Lipinski definition) is 1. The highest BCUT2D eigenvalue weighted by Gasteiger charge is 2.17. The normalized spacial score (nSPS) is 9.31. The Kier molecular flexibility index (Phi) is 2.59. The van der Waals surface area contributed by atoms with Crippen LogP contribution >= 0.6 is 0 Å². The number of halogens is 1. The van der Waals surface area contributed by atoms with E-state index < -0.39 is 11.9 Å². The van der Waals surface area contributed by atoms with Gasteiger partial charge in [-0.1, -0.05) is 12.1 Å². The first-order valence-electron chi connectivity index (χ1n) is 3.32. The Morgan fingerprint density at radius 3 is 2.23 bits per heavy atom. The molecule has 0 unspecified atom stereocenters. The molecule has 0 fully saturated rings. The smallest absolute Gasteiger partial charge is 0.380 e. The molecule has 0 aliphatic heterocycles. The Labute approximate surface area is 72.5 Å². The first-order valence-corrected chi connectivity index (χ1v) is 3.32. The number of carbonyl (C=O) groups is 2. The third-order valence-electron chi connectivity index (χ3n) is 1.45. The van der Waals surface area contributed by atoms with Crippen LogP contribution in [0.4, 0.5) is 4.53 Å². The summed E-state index contributed by atoms with van der Waals surface area (Å²) in [4.78, 5) is 24.1. The lowest BCUT2D eigenvalue weighted by atomic mass is 10.1. The highest BCUT2D eigenvalue weighted by atomic mass is 19.3. The summed E-state index contributed by atoms with van der Waals surface area (Å²) in [6.07, 6.45) is 0. The Morgan fingerprint density at radius 1 is 1.23 bits per heavy atom. The molecule has 0 heterocycles. The maximum Gasteiger partial charge on any atom is 0.380 e. The van der Waals surface area contributed by atoms with Gasteiger partial charge < -0.3 is 5.11 Å². The summed E-state index contributed by atoms with van der Waals surface area (Å²) in [5.74, 6) is -2.61. The lowest BCUT2D eigenvalue weighted by molar-refractivity contribution is -0.0789. The van der Waals surface area contributed by atoms with Crippen molar-refractivity contribution in [3.63, 3.8) is 0 Å². The van der Waals surface area contributed by atoms with Crippen LogP contribution in [-0.4, -0.2) is 17.0 Å². The topological polar surface area (TPSA) is 63.6 Å². The van der Waals surface area contributed by atoms with Crippen molar-refractivity contribution in [1.82, 2.24) is 0 Å². The third-order valence-corrected chi connectivity index (χ3v) is 1.45. The fourth-order valence-electron chi connectivity index (χ4n) is 0.889. The Morgan fingerprint density at radius 2 is 1.77 bits per heavy atom. The van der Waals surface area contributed by atoms with Crippen LogP contribution in [-0.2, 0) is 4.94 Å². The zero-order valence-electron chi connectivity index (χ0n) is 6.36. The summed E-state index contributed by atoms with van der Waals surface area (Å²) in [5, 5.41) is 8.58. The fourth-order valence-corrected chi connectivity index (χ4v) is 0.889. The molecule has 0 saturated carbocycles. The number of carboxylic acid groups (broad SMARTS) is 1. The highest BCUT2D eigenvalue weighted by molar-refractivity contribution is 6.02. The summed E-state index contributed by atoms with van der Waals surface area (Å²) in [5.41, 5.74) is -0.595. The zero-order chi connectivity index (χ0) is 9.84. The van der Waals surface area contributed by atoms with Crippen molar-refractivity contribution in [3.05, 3.63) is 35.4 Å². The maximum absolute atomic E-state index is 11.5. The van der Waals surface area contributed by atoms with Crippen molar-refractivity contribution in [1.29, 1.82) is 0 Å². The lowest BCUT2D eigenvalue weighted by Gasteiger charge is -1.99. The van der Waals surface area contributed by atoms with E-state index in [1.165, 1.54) is 24.3 Å². The molecule has 0 aliphatic rings. The van der Waals surface area contributed by atoms with Crippen molar-refractivity contribution in [2.24, 2.45) is 0 Å². The first-order chi connectivity index (χ1) is 6.16. The molecule has 1 aromatic carbocycles. The monoisotopic (exact) mass is 184 g/mol. The van der Waals surface area contributed by atoms with E-state index >= 15 is 0 Å². The van der Waals surface area contributed by atoms with E-state index in [0.717, 1.165) is 0 Å². The summed E-state index contributed by atoms with van der Waals surface area (Å²) in [6, 6.07) is 5.21. The van der Waals surface area contributed by atoms with Crippen molar-refractivity contribution < 1.29 is 24.2 Å². The molecule has 1 aromatic rings. The van der Waals surface area contributed by atoms with Gasteiger partial charge in [-0.2, -0.15) is 0 Å². The molecule has 0 radical (unpaired) electrons. The van der Waals surface area contributed by atoms with Gasteiger partial charge in [0.1, 0.15) is 0 Å². The Balaban J connectivity index is 3.19. The molecular formula is C8H5FO4. The van der Waals surface area contributed by atoms with Gasteiger partial charge in [-0.15, -0.1) is 0 Å². The van der Waals surface area contributed by atoms with Gasteiger partial charge in [-0.25, -0.2) is 14.5 Å². The van der Waals surface area contributed by atoms with Crippen LogP contribution in [0, 0.1) is 0 Å². The number of hydrogen-bond acceptors (Lipinski definition) is 3. The Hall–Kier alpha value is -1.91. The molecule has 0 saturated heterocycles. The van der Waals surface area contributed by atoms with Gasteiger partial charge in [0, 0.05) is 4.53 Å². The number of carbonyl (C=O) groups excluding carboxylic acids is 1. The largest absolute Gasteiger partial charge is 0.478 e. The van der Waals surface area contributed by atoms with Crippen molar-refractivity contribution >= 4 is 11.9 Å². The predicted octanol–water partition coefficient (Wildman–Crippen LogP) is 1.43. The zero-order valence-corrected chi connectivity index (χ0v) is 6.36. The molecule has 0 aromatic heterocycles. The van der Waals surface area contributed by atoms with Crippen molar-refractivity contribution in [2.75, 3.05) is 0 Å². The molecule has 1 N–H and O–H groups in total.